The minimum atomic E-state index is 0.438. The van der Waals surface area contributed by atoms with Crippen molar-refractivity contribution in [1.29, 1.82) is 0 Å². The predicted molar refractivity (Wildman–Crippen MR) is 105 cm³/mol. The Balaban J connectivity index is 1.50. The van der Waals surface area contributed by atoms with E-state index in [2.05, 4.69) is 33.8 Å². The molecule has 138 valence electrons. The Morgan fingerprint density at radius 3 is 2.81 bits per heavy atom. The number of aliphatic imine (C=N–C) groups is 1. The summed E-state index contributed by atoms with van der Waals surface area (Å²) in [4.78, 5) is 4.33. The maximum atomic E-state index is 5.74. The predicted octanol–water partition coefficient (Wildman–Crippen LogP) is 2.97. The van der Waals surface area contributed by atoms with Crippen LogP contribution in [0, 0.1) is 0 Å². The fourth-order valence-corrected chi connectivity index (χ4v) is 3.29. The van der Waals surface area contributed by atoms with Crippen molar-refractivity contribution in [2.75, 3.05) is 33.9 Å². The summed E-state index contributed by atoms with van der Waals surface area (Å²) in [7, 11) is 3.51. The van der Waals surface area contributed by atoms with E-state index in [1.165, 1.54) is 11.1 Å². The van der Waals surface area contributed by atoms with Gasteiger partial charge in [-0.25, -0.2) is 0 Å². The molecule has 1 unspecified atom stereocenters. The molecule has 0 bridgehead atoms. The zero-order valence-electron chi connectivity index (χ0n) is 15.5. The number of nitrogens with one attached hydrogen (secondary N) is 2. The normalized spacial score (nSPS) is 16.4. The third-order valence-corrected chi connectivity index (χ3v) is 4.70. The van der Waals surface area contributed by atoms with Gasteiger partial charge in [0.05, 0.1) is 13.7 Å². The SMILES string of the molecule is CN=C(NCCc1ccccc1OC)NCC1CCOc2ccccc21. The summed E-state index contributed by atoms with van der Waals surface area (Å²) in [6, 6.07) is 16.4. The van der Waals surface area contributed by atoms with E-state index >= 15 is 0 Å². The standard InChI is InChI=1S/C21H27N3O2/c1-22-21(23-13-11-16-7-3-5-9-19(16)25-2)24-15-17-12-14-26-20-10-6-4-8-18(17)20/h3-10,17H,11-15H2,1-2H3,(H2,22,23,24). The van der Waals surface area contributed by atoms with Crippen LogP contribution in [0.25, 0.3) is 0 Å². The monoisotopic (exact) mass is 353 g/mol. The lowest BCUT2D eigenvalue weighted by Gasteiger charge is -2.26. The second-order valence-corrected chi connectivity index (χ2v) is 6.31. The molecule has 0 amide bonds. The summed E-state index contributed by atoms with van der Waals surface area (Å²) in [5.74, 6) is 3.19. The van der Waals surface area contributed by atoms with Gasteiger partial charge in [-0.1, -0.05) is 36.4 Å². The van der Waals surface area contributed by atoms with Crippen LogP contribution in [0.5, 0.6) is 11.5 Å². The number of hydrogen-bond donors (Lipinski definition) is 2. The van der Waals surface area contributed by atoms with Gasteiger partial charge in [0.2, 0.25) is 0 Å². The number of benzene rings is 2. The van der Waals surface area contributed by atoms with Gasteiger partial charge < -0.3 is 20.1 Å². The summed E-state index contributed by atoms with van der Waals surface area (Å²) in [5, 5.41) is 6.83. The number of guanidine groups is 1. The lowest BCUT2D eigenvalue weighted by atomic mass is 9.93. The molecule has 1 atom stereocenters. The van der Waals surface area contributed by atoms with E-state index in [0.29, 0.717) is 5.92 Å². The van der Waals surface area contributed by atoms with E-state index in [1.807, 2.05) is 30.3 Å². The van der Waals surface area contributed by atoms with Crippen molar-refractivity contribution in [3.63, 3.8) is 0 Å². The molecule has 26 heavy (non-hydrogen) atoms. The van der Waals surface area contributed by atoms with Gasteiger partial charge >= 0.3 is 0 Å². The molecule has 3 rings (SSSR count). The van der Waals surface area contributed by atoms with Crippen molar-refractivity contribution < 1.29 is 9.47 Å². The van der Waals surface area contributed by atoms with E-state index in [9.17, 15) is 0 Å². The average molecular weight is 353 g/mol. The molecule has 2 aromatic rings. The van der Waals surface area contributed by atoms with Crippen molar-refractivity contribution in [2.24, 2.45) is 4.99 Å². The molecular weight excluding hydrogens is 326 g/mol. The van der Waals surface area contributed by atoms with Crippen LogP contribution in [0.3, 0.4) is 0 Å². The molecule has 2 N–H and O–H groups in total. The maximum absolute atomic E-state index is 5.74. The Kier molecular flexibility index (Phi) is 6.36. The first-order chi connectivity index (χ1) is 12.8. The molecular formula is C21H27N3O2. The van der Waals surface area contributed by atoms with E-state index in [-0.39, 0.29) is 0 Å². The highest BCUT2D eigenvalue weighted by molar-refractivity contribution is 5.79. The number of ether oxygens (including phenoxy) is 2. The minimum absolute atomic E-state index is 0.438. The number of nitrogens with zero attached hydrogens (tertiary/aromatic N) is 1. The van der Waals surface area contributed by atoms with Crippen LogP contribution in [0.1, 0.15) is 23.5 Å². The average Bonchev–Trinajstić information content (AvgIpc) is 2.70. The first-order valence-electron chi connectivity index (χ1n) is 9.10. The molecule has 0 aromatic heterocycles. The molecule has 0 fully saturated rings. The largest absolute Gasteiger partial charge is 0.496 e. The molecule has 0 spiro atoms. The zero-order valence-corrected chi connectivity index (χ0v) is 15.5. The van der Waals surface area contributed by atoms with Crippen LogP contribution in [-0.2, 0) is 6.42 Å². The number of rotatable bonds is 6. The van der Waals surface area contributed by atoms with Crippen molar-refractivity contribution in [1.82, 2.24) is 10.6 Å². The molecule has 0 saturated carbocycles. The number of fused-ring (bicyclic) bond motifs is 1. The Morgan fingerprint density at radius 2 is 1.96 bits per heavy atom. The van der Waals surface area contributed by atoms with Crippen LogP contribution < -0.4 is 20.1 Å². The zero-order chi connectivity index (χ0) is 18.2. The topological polar surface area (TPSA) is 54.9 Å². The molecule has 1 aliphatic heterocycles. The Morgan fingerprint density at radius 1 is 1.15 bits per heavy atom. The highest BCUT2D eigenvalue weighted by Gasteiger charge is 2.21. The van der Waals surface area contributed by atoms with Gasteiger partial charge in [-0.15, -0.1) is 0 Å². The summed E-state index contributed by atoms with van der Waals surface area (Å²) >= 11 is 0. The smallest absolute Gasteiger partial charge is 0.191 e. The summed E-state index contributed by atoms with van der Waals surface area (Å²) in [5.41, 5.74) is 2.46. The molecule has 1 aliphatic rings. The molecule has 0 radical (unpaired) electrons. The van der Waals surface area contributed by atoms with E-state index in [0.717, 1.165) is 50.0 Å². The molecule has 0 aliphatic carbocycles. The molecule has 2 aromatic carbocycles. The van der Waals surface area contributed by atoms with Crippen molar-refractivity contribution in [3.05, 3.63) is 59.7 Å². The van der Waals surface area contributed by atoms with Crippen LogP contribution in [0.2, 0.25) is 0 Å². The van der Waals surface area contributed by atoms with Crippen molar-refractivity contribution >= 4 is 5.96 Å². The van der Waals surface area contributed by atoms with Gasteiger partial charge in [0.1, 0.15) is 11.5 Å². The first kappa shape index (κ1) is 18.1. The van der Waals surface area contributed by atoms with Gasteiger partial charge in [-0.2, -0.15) is 0 Å². The number of para-hydroxylation sites is 2. The summed E-state index contributed by atoms with van der Waals surface area (Å²) in [6.07, 6.45) is 1.90. The van der Waals surface area contributed by atoms with Crippen LogP contribution in [0.4, 0.5) is 0 Å². The maximum Gasteiger partial charge on any atom is 0.191 e. The van der Waals surface area contributed by atoms with Crippen molar-refractivity contribution in [3.8, 4) is 11.5 Å². The molecule has 0 saturated heterocycles. The van der Waals surface area contributed by atoms with Crippen molar-refractivity contribution in [2.45, 2.75) is 18.8 Å². The Bertz CT molecular complexity index is 746. The first-order valence-corrected chi connectivity index (χ1v) is 9.10. The fraction of sp³-hybridized carbons (Fsp3) is 0.381. The number of hydrogen-bond acceptors (Lipinski definition) is 3. The van der Waals surface area contributed by atoms with Crippen LogP contribution >= 0.6 is 0 Å². The van der Waals surface area contributed by atoms with E-state index in [4.69, 9.17) is 9.47 Å². The Labute approximate surface area is 155 Å². The fourth-order valence-electron chi connectivity index (χ4n) is 3.29. The highest BCUT2D eigenvalue weighted by Crippen LogP contribution is 2.32. The third kappa shape index (κ3) is 4.48. The quantitative estimate of drug-likeness (QED) is 0.619. The summed E-state index contributed by atoms with van der Waals surface area (Å²) < 4.78 is 11.1. The van der Waals surface area contributed by atoms with Gasteiger partial charge in [0.15, 0.2) is 5.96 Å². The third-order valence-electron chi connectivity index (χ3n) is 4.70. The number of methoxy groups -OCH3 is 1. The highest BCUT2D eigenvalue weighted by atomic mass is 16.5. The summed E-state index contributed by atoms with van der Waals surface area (Å²) in [6.45, 7) is 2.41. The van der Waals surface area contributed by atoms with Gasteiger partial charge in [-0.05, 0) is 36.1 Å². The molecule has 5 nitrogen and oxygen atoms in total. The second kappa shape index (κ2) is 9.13. The second-order valence-electron chi connectivity index (χ2n) is 6.31. The van der Waals surface area contributed by atoms with Gasteiger partial charge in [0, 0.05) is 26.1 Å². The molecule has 5 heteroatoms. The lowest BCUT2D eigenvalue weighted by Crippen LogP contribution is -2.40. The van der Waals surface area contributed by atoms with Gasteiger partial charge in [0.25, 0.3) is 0 Å². The lowest BCUT2D eigenvalue weighted by molar-refractivity contribution is 0.267. The van der Waals surface area contributed by atoms with Gasteiger partial charge in [-0.3, -0.25) is 4.99 Å². The van der Waals surface area contributed by atoms with Crippen LogP contribution in [0.15, 0.2) is 53.5 Å². The van der Waals surface area contributed by atoms with Crippen LogP contribution in [-0.4, -0.2) is 39.8 Å². The molecule has 1 heterocycles. The van der Waals surface area contributed by atoms with E-state index < -0.39 is 0 Å². The van der Waals surface area contributed by atoms with E-state index in [1.54, 1.807) is 14.2 Å². The Hall–Kier alpha value is -2.69. The minimum Gasteiger partial charge on any atom is -0.496 e.